The Morgan fingerprint density at radius 2 is 2.12 bits per heavy atom. The van der Waals surface area contributed by atoms with E-state index in [0.29, 0.717) is 5.92 Å². The van der Waals surface area contributed by atoms with Crippen LogP contribution >= 0.6 is 0 Å². The summed E-state index contributed by atoms with van der Waals surface area (Å²) in [5, 5.41) is 0. The maximum absolute atomic E-state index is 3.87. The summed E-state index contributed by atoms with van der Waals surface area (Å²) in [7, 11) is 0. The van der Waals surface area contributed by atoms with E-state index < -0.39 is 0 Å². The summed E-state index contributed by atoms with van der Waals surface area (Å²) in [6.07, 6.45) is 3.20. The molecule has 0 bridgehead atoms. The van der Waals surface area contributed by atoms with Gasteiger partial charge in [0.1, 0.15) is 0 Å². The molecule has 0 radical (unpaired) electrons. The summed E-state index contributed by atoms with van der Waals surface area (Å²) in [5.74, 6) is 0.646. The minimum Gasteiger partial charge on any atom is -0.362 e. The first-order valence-electron chi connectivity index (χ1n) is 6.04. The predicted octanol–water partition coefficient (Wildman–Crippen LogP) is 3.96. The Kier molecular flexibility index (Phi) is 2.79. The van der Waals surface area contributed by atoms with Gasteiger partial charge >= 0.3 is 0 Å². The molecular formula is C15H21N. The zero-order chi connectivity index (χ0) is 11.8. The van der Waals surface area contributed by atoms with Crippen molar-refractivity contribution in [2.45, 2.75) is 38.6 Å². The number of hydrogen-bond acceptors (Lipinski definition) is 1. The van der Waals surface area contributed by atoms with Crippen LogP contribution in [0.25, 0.3) is 0 Å². The number of rotatable bonds is 2. The normalized spacial score (nSPS) is 22.7. The van der Waals surface area contributed by atoms with Crippen molar-refractivity contribution < 1.29 is 0 Å². The predicted molar refractivity (Wildman–Crippen MR) is 71.1 cm³/mol. The van der Waals surface area contributed by atoms with Gasteiger partial charge < -0.3 is 4.90 Å². The van der Waals surface area contributed by atoms with E-state index in [-0.39, 0.29) is 5.54 Å². The highest BCUT2D eigenvalue weighted by Crippen LogP contribution is 2.42. The van der Waals surface area contributed by atoms with Crippen LogP contribution in [0.3, 0.4) is 0 Å². The second-order valence-corrected chi connectivity index (χ2v) is 5.38. The zero-order valence-electron chi connectivity index (χ0n) is 10.5. The number of benzene rings is 1. The fourth-order valence-corrected chi connectivity index (χ4v) is 2.92. The molecule has 0 aliphatic carbocycles. The molecule has 1 heteroatoms. The Labute approximate surface area is 98.8 Å². The van der Waals surface area contributed by atoms with Crippen LogP contribution in [0.5, 0.6) is 0 Å². The van der Waals surface area contributed by atoms with Crippen LogP contribution in [0.15, 0.2) is 36.9 Å². The van der Waals surface area contributed by atoms with Gasteiger partial charge in [-0.1, -0.05) is 31.2 Å². The Morgan fingerprint density at radius 1 is 1.44 bits per heavy atom. The van der Waals surface area contributed by atoms with Crippen molar-refractivity contribution in [2.24, 2.45) is 0 Å². The van der Waals surface area contributed by atoms with Crippen LogP contribution in [0.1, 0.15) is 38.7 Å². The number of fused-ring (bicyclic) bond motifs is 1. The highest BCUT2D eigenvalue weighted by molar-refractivity contribution is 5.59. The molecule has 0 fully saturated rings. The van der Waals surface area contributed by atoms with Crippen LogP contribution in [-0.2, 0) is 0 Å². The Balaban J connectivity index is 2.49. The van der Waals surface area contributed by atoms with E-state index in [1.807, 2.05) is 6.08 Å². The van der Waals surface area contributed by atoms with Crippen molar-refractivity contribution in [3.05, 3.63) is 42.5 Å². The van der Waals surface area contributed by atoms with E-state index in [1.165, 1.54) is 17.7 Å². The molecule has 0 N–H and O–H groups in total. The van der Waals surface area contributed by atoms with Gasteiger partial charge in [-0.15, -0.1) is 6.58 Å². The van der Waals surface area contributed by atoms with Gasteiger partial charge in [-0.3, -0.25) is 0 Å². The maximum atomic E-state index is 3.87. The lowest BCUT2D eigenvalue weighted by atomic mass is 9.80. The van der Waals surface area contributed by atoms with E-state index >= 15 is 0 Å². The monoisotopic (exact) mass is 215 g/mol. The topological polar surface area (TPSA) is 3.24 Å². The first kappa shape index (κ1) is 11.3. The third-order valence-electron chi connectivity index (χ3n) is 3.61. The van der Waals surface area contributed by atoms with Crippen LogP contribution in [-0.4, -0.2) is 12.1 Å². The van der Waals surface area contributed by atoms with Crippen molar-refractivity contribution in [3.63, 3.8) is 0 Å². The SMILES string of the molecule is C=CCN1c2ccccc2C(C)CC1(C)C. The second-order valence-electron chi connectivity index (χ2n) is 5.38. The van der Waals surface area contributed by atoms with Gasteiger partial charge in [0, 0.05) is 17.8 Å². The summed E-state index contributed by atoms with van der Waals surface area (Å²) in [6.45, 7) is 11.8. The average molecular weight is 215 g/mol. The van der Waals surface area contributed by atoms with Crippen LogP contribution in [0.4, 0.5) is 5.69 Å². The van der Waals surface area contributed by atoms with Crippen molar-refractivity contribution in [2.75, 3.05) is 11.4 Å². The van der Waals surface area contributed by atoms with Crippen LogP contribution in [0.2, 0.25) is 0 Å². The summed E-state index contributed by atoms with van der Waals surface area (Å²) in [4.78, 5) is 2.47. The fourth-order valence-electron chi connectivity index (χ4n) is 2.92. The highest BCUT2D eigenvalue weighted by atomic mass is 15.2. The minimum absolute atomic E-state index is 0.224. The molecule has 0 spiro atoms. The van der Waals surface area contributed by atoms with Gasteiger partial charge in [0.2, 0.25) is 0 Å². The van der Waals surface area contributed by atoms with Crippen molar-refractivity contribution >= 4 is 5.69 Å². The molecule has 1 unspecified atom stereocenters. The quantitative estimate of drug-likeness (QED) is 0.675. The minimum atomic E-state index is 0.224. The third-order valence-corrected chi connectivity index (χ3v) is 3.61. The van der Waals surface area contributed by atoms with E-state index in [4.69, 9.17) is 0 Å². The highest BCUT2D eigenvalue weighted by Gasteiger charge is 2.35. The van der Waals surface area contributed by atoms with E-state index in [2.05, 4.69) is 56.5 Å². The Hall–Kier alpha value is -1.24. The van der Waals surface area contributed by atoms with Gasteiger partial charge in [-0.25, -0.2) is 0 Å². The van der Waals surface area contributed by atoms with Gasteiger partial charge in [0.15, 0.2) is 0 Å². The molecule has 1 aliphatic rings. The van der Waals surface area contributed by atoms with Gasteiger partial charge in [-0.2, -0.15) is 0 Å². The molecule has 1 aliphatic heterocycles. The number of para-hydroxylation sites is 1. The van der Waals surface area contributed by atoms with E-state index in [9.17, 15) is 0 Å². The van der Waals surface area contributed by atoms with Crippen LogP contribution < -0.4 is 4.90 Å². The standard InChI is InChI=1S/C15H21N/c1-5-10-16-14-9-7-6-8-13(14)12(2)11-15(16,3)4/h5-9,12H,1,10-11H2,2-4H3. The molecular weight excluding hydrogens is 194 g/mol. The fraction of sp³-hybridized carbons (Fsp3) is 0.467. The lowest BCUT2D eigenvalue weighted by molar-refractivity contribution is 0.386. The van der Waals surface area contributed by atoms with Crippen LogP contribution in [0, 0.1) is 0 Å². The number of anilines is 1. The molecule has 1 nitrogen and oxygen atoms in total. The molecule has 1 heterocycles. The summed E-state index contributed by atoms with van der Waals surface area (Å²) >= 11 is 0. The van der Waals surface area contributed by atoms with E-state index in [0.717, 1.165) is 6.54 Å². The molecule has 1 aromatic rings. The van der Waals surface area contributed by atoms with Gasteiger partial charge in [0.05, 0.1) is 0 Å². The molecule has 1 atom stereocenters. The number of nitrogens with zero attached hydrogens (tertiary/aromatic N) is 1. The molecule has 86 valence electrons. The largest absolute Gasteiger partial charge is 0.362 e. The molecule has 0 saturated heterocycles. The van der Waals surface area contributed by atoms with Crippen molar-refractivity contribution in [1.82, 2.24) is 0 Å². The van der Waals surface area contributed by atoms with Crippen molar-refractivity contribution in [1.29, 1.82) is 0 Å². The summed E-state index contributed by atoms with van der Waals surface area (Å²) < 4.78 is 0. The summed E-state index contributed by atoms with van der Waals surface area (Å²) in [5.41, 5.74) is 3.08. The smallest absolute Gasteiger partial charge is 0.0408 e. The Bertz CT molecular complexity index is 392. The van der Waals surface area contributed by atoms with Gasteiger partial charge in [-0.05, 0) is 37.8 Å². The molecule has 0 saturated carbocycles. The third kappa shape index (κ3) is 1.75. The lowest BCUT2D eigenvalue weighted by Gasteiger charge is -2.47. The molecule has 1 aromatic carbocycles. The summed E-state index contributed by atoms with van der Waals surface area (Å²) in [6, 6.07) is 8.75. The van der Waals surface area contributed by atoms with Crippen molar-refractivity contribution in [3.8, 4) is 0 Å². The molecule has 2 rings (SSSR count). The number of hydrogen-bond donors (Lipinski definition) is 0. The Morgan fingerprint density at radius 3 is 2.81 bits per heavy atom. The van der Waals surface area contributed by atoms with E-state index in [1.54, 1.807) is 0 Å². The molecule has 16 heavy (non-hydrogen) atoms. The first-order valence-corrected chi connectivity index (χ1v) is 6.04. The maximum Gasteiger partial charge on any atom is 0.0408 e. The lowest BCUT2D eigenvalue weighted by Crippen LogP contribution is -2.48. The molecule has 0 aromatic heterocycles. The average Bonchev–Trinajstić information content (AvgIpc) is 2.23. The first-order chi connectivity index (χ1) is 7.56. The molecule has 0 amide bonds. The van der Waals surface area contributed by atoms with Gasteiger partial charge in [0.25, 0.3) is 0 Å². The second kappa shape index (κ2) is 3.97. The zero-order valence-corrected chi connectivity index (χ0v) is 10.5.